The Morgan fingerprint density at radius 1 is 0.342 bits per heavy atom. The Morgan fingerprint density at radius 3 is 1.37 bits per heavy atom. The Labute approximate surface area is 223 Å². The normalized spacial score (nSPS) is 13.6. The predicted molar refractivity (Wildman–Crippen MR) is 158 cm³/mol. The van der Waals surface area contributed by atoms with Gasteiger partial charge in [-0.3, -0.25) is 0 Å². The highest BCUT2D eigenvalue weighted by Gasteiger charge is 2.51. The van der Waals surface area contributed by atoms with Crippen molar-refractivity contribution in [3.63, 3.8) is 0 Å². The van der Waals surface area contributed by atoms with Crippen LogP contribution >= 0.6 is 0 Å². The van der Waals surface area contributed by atoms with Crippen LogP contribution in [0.1, 0.15) is 27.8 Å². The Hall–Kier alpha value is -4.68. The van der Waals surface area contributed by atoms with Crippen molar-refractivity contribution in [3.8, 4) is 44.5 Å². The maximum absolute atomic E-state index is 2.46. The van der Waals surface area contributed by atoms with Crippen LogP contribution in [0.2, 0.25) is 0 Å². The quantitative estimate of drug-likeness (QED) is 0.230. The van der Waals surface area contributed by atoms with Gasteiger partial charge in [0, 0.05) is 0 Å². The van der Waals surface area contributed by atoms with E-state index in [0.717, 1.165) is 0 Å². The van der Waals surface area contributed by atoms with Gasteiger partial charge < -0.3 is 0 Å². The Morgan fingerprint density at radius 2 is 0.789 bits per heavy atom. The zero-order chi connectivity index (χ0) is 25.3. The lowest BCUT2D eigenvalue weighted by atomic mass is 9.69. The van der Waals surface area contributed by atoms with Gasteiger partial charge in [0.05, 0.1) is 5.41 Å². The third kappa shape index (κ3) is 2.80. The van der Waals surface area contributed by atoms with Gasteiger partial charge in [0.15, 0.2) is 0 Å². The Bertz CT molecular complexity index is 1770. The molecule has 0 bridgehead atoms. The van der Waals surface area contributed by atoms with Crippen molar-refractivity contribution < 1.29 is 0 Å². The summed E-state index contributed by atoms with van der Waals surface area (Å²) in [6.07, 6.45) is 0. The third-order valence-corrected chi connectivity index (χ3v) is 8.55. The number of hydrogen-bond acceptors (Lipinski definition) is 0. The molecule has 0 amide bonds. The van der Waals surface area contributed by atoms with Gasteiger partial charge in [-0.1, -0.05) is 133 Å². The second kappa shape index (κ2) is 7.91. The van der Waals surface area contributed by atoms with Crippen LogP contribution in [0.15, 0.2) is 140 Å². The third-order valence-electron chi connectivity index (χ3n) is 8.55. The molecule has 0 saturated carbocycles. The fourth-order valence-corrected chi connectivity index (χ4v) is 6.92. The highest BCUT2D eigenvalue weighted by molar-refractivity contribution is 5.96. The van der Waals surface area contributed by atoms with Gasteiger partial charge in [-0.05, 0) is 85.8 Å². The van der Waals surface area contributed by atoms with Crippen molar-refractivity contribution >= 4 is 0 Å². The molecule has 0 radical (unpaired) electrons. The van der Waals surface area contributed by atoms with E-state index in [4.69, 9.17) is 0 Å². The summed E-state index contributed by atoms with van der Waals surface area (Å²) >= 11 is 0. The van der Waals surface area contributed by atoms with E-state index in [9.17, 15) is 0 Å². The van der Waals surface area contributed by atoms with Crippen LogP contribution in [0.5, 0.6) is 0 Å². The minimum Gasteiger partial charge on any atom is -0.0622 e. The van der Waals surface area contributed by atoms with Crippen LogP contribution in [0, 0.1) is 6.92 Å². The first-order valence-corrected chi connectivity index (χ1v) is 13.4. The molecule has 2 aliphatic carbocycles. The topological polar surface area (TPSA) is 0 Å². The second-order valence-electron chi connectivity index (χ2n) is 10.6. The highest BCUT2D eigenvalue weighted by atomic mass is 14.5. The predicted octanol–water partition coefficient (Wildman–Crippen LogP) is 9.67. The monoisotopic (exact) mass is 482 g/mol. The summed E-state index contributed by atoms with van der Waals surface area (Å²) in [6.45, 7) is 2.22. The standard InChI is InChI=1S/C38H26/c1-25-16-19-31-30-14-8-9-15-34(30)38(35(31)22-25)36-23-28(26-10-4-2-5-11-26)17-20-32(36)33-21-18-29(24-37(33)38)27-12-6-3-7-13-27/h2-24H,1H3. The number of hydrogen-bond donors (Lipinski definition) is 0. The van der Waals surface area contributed by atoms with Crippen molar-refractivity contribution in [1.29, 1.82) is 0 Å². The molecule has 0 aliphatic heterocycles. The largest absolute Gasteiger partial charge is 0.0726 e. The van der Waals surface area contributed by atoms with Crippen molar-refractivity contribution in [2.24, 2.45) is 0 Å². The lowest BCUT2D eigenvalue weighted by Gasteiger charge is -2.31. The molecule has 0 aromatic heterocycles. The maximum atomic E-state index is 2.46. The van der Waals surface area contributed by atoms with Gasteiger partial charge in [0.1, 0.15) is 0 Å². The van der Waals surface area contributed by atoms with E-state index in [-0.39, 0.29) is 5.41 Å². The van der Waals surface area contributed by atoms with Gasteiger partial charge in [-0.25, -0.2) is 0 Å². The number of fused-ring (bicyclic) bond motifs is 10. The van der Waals surface area contributed by atoms with Crippen molar-refractivity contribution in [3.05, 3.63) is 167 Å². The zero-order valence-corrected chi connectivity index (χ0v) is 21.3. The Balaban J connectivity index is 1.51. The fraction of sp³-hybridized carbons (Fsp3) is 0.0526. The minimum absolute atomic E-state index is 0.349. The van der Waals surface area contributed by atoms with Gasteiger partial charge in [-0.15, -0.1) is 0 Å². The van der Waals surface area contributed by atoms with Gasteiger partial charge in [-0.2, -0.15) is 0 Å². The molecular formula is C38H26. The molecule has 0 fully saturated rings. The van der Waals surface area contributed by atoms with E-state index < -0.39 is 0 Å². The summed E-state index contributed by atoms with van der Waals surface area (Å²) in [6, 6.07) is 51.8. The van der Waals surface area contributed by atoms with Gasteiger partial charge in [0.2, 0.25) is 0 Å². The molecular weight excluding hydrogens is 456 g/mol. The van der Waals surface area contributed by atoms with Crippen molar-refractivity contribution in [2.45, 2.75) is 12.3 Å². The van der Waals surface area contributed by atoms with Crippen LogP contribution in [0.4, 0.5) is 0 Å². The number of aryl methyl sites for hydroxylation is 1. The summed E-state index contributed by atoms with van der Waals surface area (Å²) in [5, 5.41) is 0. The summed E-state index contributed by atoms with van der Waals surface area (Å²) < 4.78 is 0. The fourth-order valence-electron chi connectivity index (χ4n) is 6.92. The molecule has 38 heavy (non-hydrogen) atoms. The number of rotatable bonds is 2. The molecule has 8 rings (SSSR count). The van der Waals surface area contributed by atoms with Gasteiger partial charge in [0.25, 0.3) is 0 Å². The maximum Gasteiger partial charge on any atom is 0.0726 e. The summed E-state index contributed by atoms with van der Waals surface area (Å²) in [7, 11) is 0. The van der Waals surface area contributed by atoms with Crippen LogP contribution in [-0.4, -0.2) is 0 Å². The van der Waals surface area contributed by atoms with E-state index in [2.05, 4.69) is 146 Å². The van der Waals surface area contributed by atoms with E-state index in [1.807, 2.05) is 0 Å². The molecule has 6 aromatic carbocycles. The van der Waals surface area contributed by atoms with E-state index in [0.29, 0.717) is 0 Å². The van der Waals surface area contributed by atoms with Crippen LogP contribution in [-0.2, 0) is 5.41 Å². The molecule has 0 nitrogen and oxygen atoms in total. The molecule has 0 N–H and O–H groups in total. The first-order chi connectivity index (χ1) is 18.7. The smallest absolute Gasteiger partial charge is 0.0622 e. The lowest BCUT2D eigenvalue weighted by molar-refractivity contribution is 0.793. The first-order valence-electron chi connectivity index (χ1n) is 13.4. The van der Waals surface area contributed by atoms with Crippen molar-refractivity contribution in [1.82, 2.24) is 0 Å². The molecule has 0 unspecified atom stereocenters. The zero-order valence-electron chi connectivity index (χ0n) is 21.3. The Kier molecular flexibility index (Phi) is 4.46. The molecule has 2 aliphatic rings. The van der Waals surface area contributed by atoms with Crippen LogP contribution < -0.4 is 0 Å². The summed E-state index contributed by atoms with van der Waals surface area (Å²) in [5.74, 6) is 0. The lowest BCUT2D eigenvalue weighted by Crippen LogP contribution is -2.26. The average molecular weight is 483 g/mol. The molecule has 0 heterocycles. The first kappa shape index (κ1) is 21.4. The molecule has 6 aromatic rings. The second-order valence-corrected chi connectivity index (χ2v) is 10.6. The molecule has 1 spiro atoms. The SMILES string of the molecule is Cc1ccc2c(c1)C1(c3ccccc3-2)c2cc(-c3ccccc3)ccc2-c2ccc(-c3ccccc3)cc21. The highest BCUT2D eigenvalue weighted by Crippen LogP contribution is 2.63. The molecule has 0 saturated heterocycles. The van der Waals surface area contributed by atoms with E-state index >= 15 is 0 Å². The van der Waals surface area contributed by atoms with Crippen LogP contribution in [0.25, 0.3) is 44.5 Å². The van der Waals surface area contributed by atoms with Crippen molar-refractivity contribution in [2.75, 3.05) is 0 Å². The average Bonchev–Trinajstić information content (AvgIpc) is 3.44. The van der Waals surface area contributed by atoms with Gasteiger partial charge >= 0.3 is 0 Å². The minimum atomic E-state index is -0.349. The molecule has 178 valence electrons. The molecule has 0 atom stereocenters. The molecule has 0 heteroatoms. The van der Waals surface area contributed by atoms with E-state index in [1.165, 1.54) is 72.3 Å². The summed E-state index contributed by atoms with van der Waals surface area (Å²) in [4.78, 5) is 0. The number of benzene rings is 6. The van der Waals surface area contributed by atoms with E-state index in [1.54, 1.807) is 0 Å². The summed E-state index contributed by atoms with van der Waals surface area (Å²) in [5.41, 5.74) is 16.9. The van der Waals surface area contributed by atoms with Crippen LogP contribution in [0.3, 0.4) is 0 Å².